The van der Waals surface area contributed by atoms with Gasteiger partial charge in [-0.3, -0.25) is 15.0 Å². The van der Waals surface area contributed by atoms with Crippen LogP contribution in [0.1, 0.15) is 26.3 Å². The number of hydrogen-bond acceptors (Lipinski definition) is 4. The Hall–Kier alpha value is -1.63. The lowest BCUT2D eigenvalue weighted by Crippen LogP contribution is -2.35. The van der Waals surface area contributed by atoms with Gasteiger partial charge in [0.05, 0.1) is 16.2 Å². The summed E-state index contributed by atoms with van der Waals surface area (Å²) >= 11 is 3.24. The number of hydrogen-bond donors (Lipinski definition) is 0. The SMILES string of the molecule is CC(C)(C)OC(=O)N1CCc2c1cc(Br)cc2[N+](=O)[O-]. The Kier molecular flexibility index (Phi) is 3.73. The number of rotatable bonds is 1. The number of halogens is 1. The fourth-order valence-corrected chi connectivity index (χ4v) is 2.55. The molecule has 0 bridgehead atoms. The van der Waals surface area contributed by atoms with Crippen LogP contribution in [0.5, 0.6) is 0 Å². The summed E-state index contributed by atoms with van der Waals surface area (Å²) < 4.78 is 5.89. The highest BCUT2D eigenvalue weighted by Gasteiger charge is 2.33. The van der Waals surface area contributed by atoms with Crippen LogP contribution >= 0.6 is 15.9 Å². The van der Waals surface area contributed by atoms with Gasteiger partial charge in [0.15, 0.2) is 0 Å². The van der Waals surface area contributed by atoms with Crippen LogP contribution in [0.2, 0.25) is 0 Å². The maximum atomic E-state index is 12.1. The van der Waals surface area contributed by atoms with E-state index in [0.717, 1.165) is 0 Å². The third kappa shape index (κ3) is 2.92. The molecule has 2 rings (SSSR count). The van der Waals surface area contributed by atoms with Crippen LogP contribution in [0.3, 0.4) is 0 Å². The Balaban J connectivity index is 2.38. The molecule has 1 aromatic rings. The molecule has 0 aliphatic carbocycles. The lowest BCUT2D eigenvalue weighted by Gasteiger charge is -2.24. The molecular weight excluding hydrogens is 328 g/mol. The maximum Gasteiger partial charge on any atom is 0.414 e. The van der Waals surface area contributed by atoms with Crippen LogP contribution in [0.15, 0.2) is 16.6 Å². The van der Waals surface area contributed by atoms with Gasteiger partial charge in [0.1, 0.15) is 5.60 Å². The Morgan fingerprint density at radius 1 is 1.45 bits per heavy atom. The van der Waals surface area contributed by atoms with Gasteiger partial charge in [-0.2, -0.15) is 0 Å². The summed E-state index contributed by atoms with van der Waals surface area (Å²) in [4.78, 5) is 24.2. The first-order valence-corrected chi connectivity index (χ1v) is 6.95. The highest BCUT2D eigenvalue weighted by Crippen LogP contribution is 2.38. The third-order valence-corrected chi connectivity index (χ3v) is 3.31. The van der Waals surface area contributed by atoms with E-state index in [0.29, 0.717) is 28.7 Å². The molecule has 7 heteroatoms. The van der Waals surface area contributed by atoms with Crippen molar-refractivity contribution in [3.63, 3.8) is 0 Å². The second kappa shape index (κ2) is 5.05. The van der Waals surface area contributed by atoms with E-state index in [-0.39, 0.29) is 5.69 Å². The lowest BCUT2D eigenvalue weighted by molar-refractivity contribution is -0.385. The van der Waals surface area contributed by atoms with Gasteiger partial charge in [-0.15, -0.1) is 0 Å². The minimum atomic E-state index is -0.599. The fraction of sp³-hybridized carbons (Fsp3) is 0.462. The summed E-state index contributed by atoms with van der Waals surface area (Å²) in [6, 6.07) is 3.16. The molecular formula is C13H15BrN2O4. The zero-order valence-electron chi connectivity index (χ0n) is 11.5. The van der Waals surface area contributed by atoms with E-state index in [1.165, 1.54) is 11.0 Å². The summed E-state index contributed by atoms with van der Waals surface area (Å²) in [5, 5.41) is 11.1. The molecule has 0 atom stereocenters. The van der Waals surface area contributed by atoms with Crippen molar-refractivity contribution in [1.82, 2.24) is 0 Å². The Morgan fingerprint density at radius 3 is 2.65 bits per heavy atom. The van der Waals surface area contributed by atoms with Gasteiger partial charge < -0.3 is 4.74 Å². The summed E-state index contributed by atoms with van der Waals surface area (Å²) in [5.41, 5.74) is 0.544. The van der Waals surface area contributed by atoms with E-state index in [4.69, 9.17) is 4.74 Å². The topological polar surface area (TPSA) is 72.7 Å². The normalized spacial score (nSPS) is 14.1. The zero-order valence-corrected chi connectivity index (χ0v) is 13.1. The number of ether oxygens (including phenoxy) is 1. The van der Waals surface area contributed by atoms with Gasteiger partial charge in [0.25, 0.3) is 5.69 Å². The average molecular weight is 343 g/mol. The van der Waals surface area contributed by atoms with E-state index in [2.05, 4.69) is 15.9 Å². The molecule has 1 aromatic carbocycles. The Labute approximate surface area is 125 Å². The number of nitrogens with zero attached hydrogens (tertiary/aromatic N) is 2. The van der Waals surface area contributed by atoms with Gasteiger partial charge in [-0.25, -0.2) is 4.79 Å². The minimum Gasteiger partial charge on any atom is -0.443 e. The van der Waals surface area contributed by atoms with Crippen molar-refractivity contribution in [3.05, 3.63) is 32.3 Å². The molecule has 0 saturated carbocycles. The summed E-state index contributed by atoms with van der Waals surface area (Å²) in [5.74, 6) is 0. The number of nitro benzene ring substituents is 1. The molecule has 0 radical (unpaired) electrons. The predicted molar refractivity (Wildman–Crippen MR) is 78.1 cm³/mol. The summed E-state index contributed by atoms with van der Waals surface area (Å²) in [6.45, 7) is 5.74. The van der Waals surface area contributed by atoms with Crippen LogP contribution < -0.4 is 4.90 Å². The van der Waals surface area contributed by atoms with Crippen molar-refractivity contribution < 1.29 is 14.5 Å². The van der Waals surface area contributed by atoms with Crippen molar-refractivity contribution in [2.24, 2.45) is 0 Å². The highest BCUT2D eigenvalue weighted by molar-refractivity contribution is 9.10. The third-order valence-electron chi connectivity index (χ3n) is 2.85. The fourth-order valence-electron chi connectivity index (χ4n) is 2.12. The standard InChI is InChI=1S/C13H15BrN2O4/c1-13(2,3)20-12(17)15-5-4-9-10(15)6-8(14)7-11(9)16(18)19/h6-7H,4-5H2,1-3H3. The number of nitro groups is 1. The van der Waals surface area contributed by atoms with Crippen molar-refractivity contribution in [2.75, 3.05) is 11.4 Å². The van der Waals surface area contributed by atoms with Crippen LogP contribution in [-0.2, 0) is 11.2 Å². The van der Waals surface area contributed by atoms with Gasteiger partial charge >= 0.3 is 6.09 Å². The first kappa shape index (κ1) is 14.8. The van der Waals surface area contributed by atoms with Crippen LogP contribution in [0.4, 0.5) is 16.2 Å². The highest BCUT2D eigenvalue weighted by atomic mass is 79.9. The Bertz CT molecular complexity index is 580. The van der Waals surface area contributed by atoms with Crippen molar-refractivity contribution in [2.45, 2.75) is 32.8 Å². The Morgan fingerprint density at radius 2 is 2.10 bits per heavy atom. The molecule has 0 unspecified atom stereocenters. The number of benzene rings is 1. The smallest absolute Gasteiger partial charge is 0.414 e. The van der Waals surface area contributed by atoms with E-state index in [9.17, 15) is 14.9 Å². The molecule has 1 heterocycles. The van der Waals surface area contributed by atoms with Gasteiger partial charge in [-0.1, -0.05) is 15.9 Å². The van der Waals surface area contributed by atoms with Crippen LogP contribution in [0, 0.1) is 10.1 Å². The molecule has 1 amide bonds. The van der Waals surface area contributed by atoms with Crippen LogP contribution in [0.25, 0.3) is 0 Å². The first-order valence-electron chi connectivity index (χ1n) is 6.16. The number of fused-ring (bicyclic) bond motifs is 1. The molecule has 108 valence electrons. The molecule has 1 aliphatic heterocycles. The lowest BCUT2D eigenvalue weighted by atomic mass is 10.1. The van der Waals surface area contributed by atoms with E-state index >= 15 is 0 Å². The van der Waals surface area contributed by atoms with E-state index < -0.39 is 16.6 Å². The van der Waals surface area contributed by atoms with Gasteiger partial charge in [-0.05, 0) is 33.3 Å². The zero-order chi connectivity index (χ0) is 15.1. The summed E-state index contributed by atoms with van der Waals surface area (Å²) in [7, 11) is 0. The number of anilines is 1. The molecule has 0 aromatic heterocycles. The van der Waals surface area contributed by atoms with Crippen molar-refractivity contribution in [3.8, 4) is 0 Å². The van der Waals surface area contributed by atoms with E-state index in [1.807, 2.05) is 0 Å². The maximum absolute atomic E-state index is 12.1. The van der Waals surface area contributed by atoms with Crippen molar-refractivity contribution >= 4 is 33.4 Å². The molecule has 0 N–H and O–H groups in total. The van der Waals surface area contributed by atoms with Gasteiger partial charge in [0, 0.05) is 17.1 Å². The first-order chi connectivity index (χ1) is 9.19. The molecule has 20 heavy (non-hydrogen) atoms. The largest absolute Gasteiger partial charge is 0.443 e. The number of amides is 1. The average Bonchev–Trinajstić information content (AvgIpc) is 2.68. The molecule has 1 aliphatic rings. The molecule has 0 fully saturated rings. The molecule has 0 spiro atoms. The van der Waals surface area contributed by atoms with Crippen LogP contribution in [-0.4, -0.2) is 23.2 Å². The second-order valence-electron chi connectivity index (χ2n) is 5.56. The number of carbonyl (C=O) groups excluding carboxylic acids is 1. The van der Waals surface area contributed by atoms with Crippen molar-refractivity contribution in [1.29, 1.82) is 0 Å². The monoisotopic (exact) mass is 342 g/mol. The molecule has 6 nitrogen and oxygen atoms in total. The second-order valence-corrected chi connectivity index (χ2v) is 6.48. The quantitative estimate of drug-likeness (QED) is 0.576. The van der Waals surface area contributed by atoms with E-state index in [1.54, 1.807) is 26.8 Å². The predicted octanol–water partition coefficient (Wildman–Crippen LogP) is 3.65. The molecule has 0 saturated heterocycles. The minimum absolute atomic E-state index is 0.0282. The number of carbonyl (C=O) groups is 1. The summed E-state index contributed by atoms with van der Waals surface area (Å²) in [6.07, 6.45) is -0.0262. The van der Waals surface area contributed by atoms with Gasteiger partial charge in [0.2, 0.25) is 0 Å².